The number of amides is 1. The Morgan fingerprint density at radius 1 is 1.11 bits per heavy atom. The largest absolute Gasteiger partial charge is 0.462 e. The highest BCUT2D eigenvalue weighted by molar-refractivity contribution is 7.18. The lowest BCUT2D eigenvalue weighted by molar-refractivity contribution is 0.0464. The zero-order valence-corrected chi connectivity index (χ0v) is 17.7. The molecule has 0 radical (unpaired) electrons. The van der Waals surface area contributed by atoms with Crippen LogP contribution in [0.25, 0.3) is 0 Å². The summed E-state index contributed by atoms with van der Waals surface area (Å²) in [4.78, 5) is 37.6. The van der Waals surface area contributed by atoms with Gasteiger partial charge in [-0.05, 0) is 49.6 Å². The summed E-state index contributed by atoms with van der Waals surface area (Å²) in [6, 6.07) is 6.33. The number of esters is 2. The smallest absolute Gasteiger partial charge is 0.348 e. The Kier molecular flexibility index (Phi) is 7.60. The highest BCUT2D eigenvalue weighted by Gasteiger charge is 2.27. The molecule has 1 N–H and O–H groups in total. The van der Waals surface area contributed by atoms with Crippen LogP contribution >= 0.6 is 22.9 Å². The second-order valence-electron chi connectivity index (χ2n) is 6.43. The van der Waals surface area contributed by atoms with Crippen molar-refractivity contribution in [2.75, 3.05) is 18.5 Å². The van der Waals surface area contributed by atoms with E-state index in [4.69, 9.17) is 21.1 Å². The first kappa shape index (κ1) is 21.9. The highest BCUT2D eigenvalue weighted by atomic mass is 35.5. The number of hydrogen-bond donors (Lipinski definition) is 1. The zero-order valence-electron chi connectivity index (χ0n) is 16.1. The van der Waals surface area contributed by atoms with Gasteiger partial charge in [0.05, 0.1) is 18.8 Å². The first-order chi connectivity index (χ1) is 13.2. The third-order valence-corrected chi connectivity index (χ3v) is 5.13. The Morgan fingerprint density at radius 2 is 1.75 bits per heavy atom. The number of rotatable bonds is 7. The van der Waals surface area contributed by atoms with Gasteiger partial charge < -0.3 is 14.8 Å². The van der Waals surface area contributed by atoms with Crippen LogP contribution in [-0.2, 0) is 9.47 Å². The van der Waals surface area contributed by atoms with Crippen LogP contribution in [0.15, 0.2) is 24.3 Å². The number of halogens is 1. The fraction of sp³-hybridized carbons (Fsp3) is 0.350. The molecule has 1 heterocycles. The summed E-state index contributed by atoms with van der Waals surface area (Å²) in [7, 11) is 0. The second kappa shape index (κ2) is 9.71. The van der Waals surface area contributed by atoms with Crippen molar-refractivity contribution < 1.29 is 23.9 Å². The Bertz CT molecular complexity index is 873. The number of carbonyl (C=O) groups excluding carboxylic acids is 3. The van der Waals surface area contributed by atoms with E-state index >= 15 is 0 Å². The van der Waals surface area contributed by atoms with Gasteiger partial charge in [0, 0.05) is 10.6 Å². The van der Waals surface area contributed by atoms with E-state index in [2.05, 4.69) is 5.32 Å². The van der Waals surface area contributed by atoms with Crippen molar-refractivity contribution in [1.82, 2.24) is 0 Å². The molecule has 6 nitrogen and oxygen atoms in total. The van der Waals surface area contributed by atoms with Gasteiger partial charge in [0.15, 0.2) is 0 Å². The Morgan fingerprint density at radius 3 is 2.32 bits per heavy atom. The first-order valence-corrected chi connectivity index (χ1v) is 9.98. The molecular weight excluding hydrogens is 402 g/mol. The second-order valence-corrected chi connectivity index (χ2v) is 7.89. The minimum absolute atomic E-state index is 0.158. The van der Waals surface area contributed by atoms with Gasteiger partial charge in [-0.15, -0.1) is 11.3 Å². The molecule has 0 aliphatic heterocycles. The summed E-state index contributed by atoms with van der Waals surface area (Å²) in [6.07, 6.45) is 0. The molecule has 28 heavy (non-hydrogen) atoms. The monoisotopic (exact) mass is 423 g/mol. The summed E-state index contributed by atoms with van der Waals surface area (Å²) < 4.78 is 10.4. The standard InChI is InChI=1S/C20H22ClNO5S/c1-5-26-19(24)15-12(4)16(20(25)27-10-11(2)3)28-18(15)22-17(23)13-6-8-14(21)9-7-13/h6-9,11H,5,10H2,1-4H3,(H,22,23). The van der Waals surface area contributed by atoms with Crippen LogP contribution in [0.1, 0.15) is 56.7 Å². The molecule has 1 amide bonds. The van der Waals surface area contributed by atoms with E-state index in [-0.39, 0.29) is 34.6 Å². The van der Waals surface area contributed by atoms with E-state index in [1.54, 1.807) is 38.1 Å². The Hall–Kier alpha value is -2.38. The van der Waals surface area contributed by atoms with Crippen LogP contribution in [0.2, 0.25) is 5.02 Å². The molecule has 0 saturated carbocycles. The van der Waals surface area contributed by atoms with Gasteiger partial charge in [-0.1, -0.05) is 25.4 Å². The van der Waals surface area contributed by atoms with Crippen LogP contribution in [0.5, 0.6) is 0 Å². The maximum atomic E-state index is 12.5. The number of thiophene rings is 1. The highest BCUT2D eigenvalue weighted by Crippen LogP contribution is 2.34. The summed E-state index contributed by atoms with van der Waals surface area (Å²) in [6.45, 7) is 7.60. The number of ether oxygens (including phenoxy) is 2. The molecule has 150 valence electrons. The van der Waals surface area contributed by atoms with Crippen LogP contribution in [0.3, 0.4) is 0 Å². The number of nitrogens with one attached hydrogen (secondary N) is 1. The molecule has 1 aromatic carbocycles. The lowest BCUT2D eigenvalue weighted by Gasteiger charge is -2.07. The normalized spacial score (nSPS) is 10.6. The minimum Gasteiger partial charge on any atom is -0.462 e. The third-order valence-electron chi connectivity index (χ3n) is 3.69. The average Bonchev–Trinajstić information content (AvgIpc) is 2.96. The quantitative estimate of drug-likeness (QED) is 0.637. The maximum Gasteiger partial charge on any atom is 0.348 e. The van der Waals surface area contributed by atoms with Crippen molar-refractivity contribution in [2.24, 2.45) is 5.92 Å². The van der Waals surface area contributed by atoms with Crippen molar-refractivity contribution in [1.29, 1.82) is 0 Å². The number of anilines is 1. The third kappa shape index (κ3) is 5.33. The van der Waals surface area contributed by atoms with Crippen molar-refractivity contribution in [3.05, 3.63) is 50.9 Å². The van der Waals surface area contributed by atoms with E-state index in [1.165, 1.54) is 0 Å². The molecular formula is C20H22ClNO5S. The number of benzene rings is 1. The van der Waals surface area contributed by atoms with Gasteiger partial charge in [-0.25, -0.2) is 9.59 Å². The fourth-order valence-electron chi connectivity index (χ4n) is 2.33. The zero-order chi connectivity index (χ0) is 20.8. The minimum atomic E-state index is -0.606. The van der Waals surface area contributed by atoms with Crippen LogP contribution in [0, 0.1) is 12.8 Å². The van der Waals surface area contributed by atoms with Crippen molar-refractivity contribution in [3.8, 4) is 0 Å². The van der Waals surface area contributed by atoms with Crippen LogP contribution in [-0.4, -0.2) is 31.1 Å². The molecule has 2 aromatic rings. The Balaban J connectivity index is 2.36. The van der Waals surface area contributed by atoms with Gasteiger partial charge in [0.1, 0.15) is 9.88 Å². The number of hydrogen-bond acceptors (Lipinski definition) is 6. The predicted octanol–water partition coefficient (Wildman–Crippen LogP) is 4.95. The summed E-state index contributed by atoms with van der Waals surface area (Å²) in [5.74, 6) is -1.39. The van der Waals surface area contributed by atoms with Crippen LogP contribution < -0.4 is 5.32 Å². The molecule has 1 aromatic heterocycles. The van der Waals surface area contributed by atoms with Gasteiger partial charge in [-0.2, -0.15) is 0 Å². The molecule has 0 aliphatic carbocycles. The summed E-state index contributed by atoms with van der Waals surface area (Å²) in [5.41, 5.74) is 0.948. The lowest BCUT2D eigenvalue weighted by Crippen LogP contribution is -2.15. The molecule has 0 atom stereocenters. The van der Waals surface area contributed by atoms with Crippen LogP contribution in [0.4, 0.5) is 5.00 Å². The van der Waals surface area contributed by atoms with Crippen molar-refractivity contribution >= 4 is 45.8 Å². The number of carbonyl (C=O) groups is 3. The summed E-state index contributed by atoms with van der Waals surface area (Å²) >= 11 is 6.84. The van der Waals surface area contributed by atoms with E-state index in [9.17, 15) is 14.4 Å². The topological polar surface area (TPSA) is 81.7 Å². The Labute approximate surface area is 172 Å². The molecule has 2 rings (SSSR count). The molecule has 0 spiro atoms. The first-order valence-electron chi connectivity index (χ1n) is 8.79. The van der Waals surface area contributed by atoms with Gasteiger partial charge in [-0.3, -0.25) is 4.79 Å². The van der Waals surface area contributed by atoms with E-state index in [1.807, 2.05) is 13.8 Å². The van der Waals surface area contributed by atoms with Gasteiger partial charge in [0.25, 0.3) is 5.91 Å². The van der Waals surface area contributed by atoms with E-state index in [0.29, 0.717) is 16.1 Å². The lowest BCUT2D eigenvalue weighted by atomic mass is 10.1. The molecule has 0 unspecified atom stereocenters. The van der Waals surface area contributed by atoms with E-state index in [0.717, 1.165) is 11.3 Å². The molecule has 0 fully saturated rings. The van der Waals surface area contributed by atoms with Gasteiger partial charge in [0.2, 0.25) is 0 Å². The SMILES string of the molecule is CCOC(=O)c1c(NC(=O)c2ccc(Cl)cc2)sc(C(=O)OCC(C)C)c1C. The van der Waals surface area contributed by atoms with Crippen molar-refractivity contribution in [2.45, 2.75) is 27.7 Å². The summed E-state index contributed by atoms with van der Waals surface area (Å²) in [5, 5.41) is 3.44. The predicted molar refractivity (Wildman–Crippen MR) is 110 cm³/mol. The fourth-order valence-corrected chi connectivity index (χ4v) is 3.54. The average molecular weight is 424 g/mol. The molecule has 0 aliphatic rings. The van der Waals surface area contributed by atoms with E-state index < -0.39 is 17.8 Å². The van der Waals surface area contributed by atoms with Crippen molar-refractivity contribution in [3.63, 3.8) is 0 Å². The molecule has 8 heteroatoms. The molecule has 0 bridgehead atoms. The molecule has 0 saturated heterocycles. The van der Waals surface area contributed by atoms with Gasteiger partial charge >= 0.3 is 11.9 Å². The maximum absolute atomic E-state index is 12.5.